The third-order valence-corrected chi connectivity index (χ3v) is 3.56. The van der Waals surface area contributed by atoms with Crippen molar-refractivity contribution in [2.75, 3.05) is 37.4 Å². The first kappa shape index (κ1) is 13.4. The Morgan fingerprint density at radius 1 is 1.50 bits per heavy atom. The predicted molar refractivity (Wildman–Crippen MR) is 74.3 cm³/mol. The van der Waals surface area contributed by atoms with Crippen LogP contribution in [0.3, 0.4) is 0 Å². The van der Waals surface area contributed by atoms with Crippen molar-refractivity contribution >= 4 is 22.4 Å². The Balaban J connectivity index is 1.62. The van der Waals surface area contributed by atoms with Crippen LogP contribution in [0.15, 0.2) is 0 Å². The standard InChI is InChI=1S/C12H21N3O2S/c1-2-17-10-11(13)15-18-12(10)14-6-3-7-16-8-9-4-5-9/h9,14H,2-8H2,1H3,(H2,13,15). The topological polar surface area (TPSA) is 69.4 Å². The van der Waals surface area contributed by atoms with Gasteiger partial charge in [-0.1, -0.05) is 0 Å². The lowest BCUT2D eigenvalue weighted by molar-refractivity contribution is 0.124. The summed E-state index contributed by atoms with van der Waals surface area (Å²) < 4.78 is 15.1. The summed E-state index contributed by atoms with van der Waals surface area (Å²) in [6, 6.07) is 0. The zero-order chi connectivity index (χ0) is 12.8. The maximum absolute atomic E-state index is 5.73. The van der Waals surface area contributed by atoms with Gasteiger partial charge in [0.25, 0.3) is 0 Å². The lowest BCUT2D eigenvalue weighted by Crippen LogP contribution is -2.07. The Morgan fingerprint density at radius 2 is 2.33 bits per heavy atom. The molecule has 2 rings (SSSR count). The van der Waals surface area contributed by atoms with Crippen LogP contribution in [0.5, 0.6) is 5.75 Å². The molecule has 0 saturated heterocycles. The fraction of sp³-hybridized carbons (Fsp3) is 0.750. The molecular formula is C12H21N3O2S. The minimum absolute atomic E-state index is 0.467. The Morgan fingerprint density at radius 3 is 3.06 bits per heavy atom. The molecule has 1 fully saturated rings. The number of nitrogens with one attached hydrogen (secondary N) is 1. The molecule has 1 saturated carbocycles. The molecule has 5 nitrogen and oxygen atoms in total. The van der Waals surface area contributed by atoms with E-state index in [1.165, 1.54) is 24.4 Å². The van der Waals surface area contributed by atoms with Crippen LogP contribution in [0, 0.1) is 5.92 Å². The van der Waals surface area contributed by atoms with Crippen molar-refractivity contribution in [3.63, 3.8) is 0 Å². The summed E-state index contributed by atoms with van der Waals surface area (Å²) in [5.41, 5.74) is 5.73. The minimum Gasteiger partial charge on any atom is -0.487 e. The second-order valence-corrected chi connectivity index (χ2v) is 5.23. The van der Waals surface area contributed by atoms with Crippen molar-refractivity contribution < 1.29 is 9.47 Å². The summed E-state index contributed by atoms with van der Waals surface area (Å²) in [4.78, 5) is 0. The molecule has 1 aromatic heterocycles. The van der Waals surface area contributed by atoms with Crippen LogP contribution in [0.2, 0.25) is 0 Å². The van der Waals surface area contributed by atoms with Crippen LogP contribution in [0.25, 0.3) is 0 Å². The van der Waals surface area contributed by atoms with Crippen LogP contribution in [0.1, 0.15) is 26.2 Å². The van der Waals surface area contributed by atoms with Crippen molar-refractivity contribution in [1.29, 1.82) is 0 Å². The van der Waals surface area contributed by atoms with Crippen molar-refractivity contribution in [3.8, 4) is 5.75 Å². The molecular weight excluding hydrogens is 250 g/mol. The van der Waals surface area contributed by atoms with Gasteiger partial charge in [0, 0.05) is 19.8 Å². The van der Waals surface area contributed by atoms with Crippen LogP contribution in [-0.2, 0) is 4.74 Å². The van der Waals surface area contributed by atoms with Gasteiger partial charge in [-0.2, -0.15) is 4.37 Å². The average molecular weight is 271 g/mol. The number of aromatic nitrogens is 1. The van der Waals surface area contributed by atoms with Gasteiger partial charge >= 0.3 is 0 Å². The van der Waals surface area contributed by atoms with Crippen LogP contribution < -0.4 is 15.8 Å². The van der Waals surface area contributed by atoms with Gasteiger partial charge in [0.1, 0.15) is 0 Å². The maximum atomic E-state index is 5.73. The molecule has 6 heteroatoms. The fourth-order valence-corrected chi connectivity index (χ4v) is 2.29. The van der Waals surface area contributed by atoms with Gasteiger partial charge < -0.3 is 20.5 Å². The molecule has 0 aliphatic heterocycles. The summed E-state index contributed by atoms with van der Waals surface area (Å²) >= 11 is 1.34. The first-order valence-corrected chi connectivity index (χ1v) is 7.28. The van der Waals surface area contributed by atoms with Crippen molar-refractivity contribution in [2.45, 2.75) is 26.2 Å². The summed E-state index contributed by atoms with van der Waals surface area (Å²) in [6.45, 7) is 5.13. The van der Waals surface area contributed by atoms with Gasteiger partial charge in [-0.25, -0.2) is 0 Å². The molecule has 0 aromatic carbocycles. The number of hydrogen-bond donors (Lipinski definition) is 2. The minimum atomic E-state index is 0.467. The monoisotopic (exact) mass is 271 g/mol. The Labute approximate surface area is 112 Å². The third kappa shape index (κ3) is 4.03. The van der Waals surface area contributed by atoms with E-state index in [4.69, 9.17) is 15.2 Å². The molecule has 0 spiro atoms. The van der Waals surface area contributed by atoms with Crippen LogP contribution >= 0.6 is 11.5 Å². The van der Waals surface area contributed by atoms with Crippen LogP contribution in [-0.4, -0.2) is 30.7 Å². The molecule has 0 amide bonds. The Kier molecular flexibility index (Phi) is 5.07. The molecule has 18 heavy (non-hydrogen) atoms. The van der Waals surface area contributed by atoms with Gasteiger partial charge in [0.05, 0.1) is 6.61 Å². The van der Waals surface area contributed by atoms with Crippen LogP contribution in [0.4, 0.5) is 10.8 Å². The zero-order valence-corrected chi connectivity index (χ0v) is 11.6. The summed E-state index contributed by atoms with van der Waals surface area (Å²) in [7, 11) is 0. The highest BCUT2D eigenvalue weighted by Crippen LogP contribution is 2.35. The Hall–Kier alpha value is -1.01. The number of nitrogen functional groups attached to an aromatic ring is 1. The number of rotatable bonds is 9. The van der Waals surface area contributed by atoms with Gasteiger partial charge in [0.2, 0.25) is 0 Å². The molecule has 3 N–H and O–H groups in total. The molecule has 0 unspecified atom stereocenters. The highest BCUT2D eigenvalue weighted by atomic mass is 32.1. The number of nitrogens with two attached hydrogens (primary N) is 1. The number of hydrogen-bond acceptors (Lipinski definition) is 6. The number of anilines is 2. The molecule has 0 atom stereocenters. The maximum Gasteiger partial charge on any atom is 0.197 e. The van der Waals surface area contributed by atoms with E-state index in [-0.39, 0.29) is 0 Å². The SMILES string of the molecule is CCOc1c(N)nsc1NCCCOCC1CC1. The zero-order valence-electron chi connectivity index (χ0n) is 10.8. The molecule has 102 valence electrons. The van der Waals surface area contributed by atoms with E-state index in [0.717, 1.165) is 37.1 Å². The van der Waals surface area contributed by atoms with Gasteiger partial charge in [-0.15, -0.1) is 0 Å². The second-order valence-electron chi connectivity index (χ2n) is 4.46. The van der Waals surface area contributed by atoms with E-state index in [9.17, 15) is 0 Å². The molecule has 1 aliphatic rings. The highest BCUT2D eigenvalue weighted by Gasteiger charge is 2.20. The summed E-state index contributed by atoms with van der Waals surface area (Å²) in [5.74, 6) is 1.99. The first-order valence-electron chi connectivity index (χ1n) is 6.50. The second kappa shape index (κ2) is 6.80. The summed E-state index contributed by atoms with van der Waals surface area (Å²) in [6.07, 6.45) is 3.67. The average Bonchev–Trinajstić information content (AvgIpc) is 3.13. The first-order chi connectivity index (χ1) is 8.81. The fourth-order valence-electron chi connectivity index (χ4n) is 1.60. The molecule has 1 aliphatic carbocycles. The smallest absolute Gasteiger partial charge is 0.197 e. The predicted octanol–water partition coefficient (Wildman–Crippen LogP) is 2.35. The van der Waals surface area contributed by atoms with E-state index < -0.39 is 0 Å². The number of nitrogens with zero attached hydrogens (tertiary/aromatic N) is 1. The molecule has 1 aromatic rings. The highest BCUT2D eigenvalue weighted by molar-refractivity contribution is 7.11. The van der Waals surface area contributed by atoms with Crippen molar-refractivity contribution in [2.24, 2.45) is 5.92 Å². The lowest BCUT2D eigenvalue weighted by atomic mass is 10.4. The quantitative estimate of drug-likeness (QED) is 0.675. The van der Waals surface area contributed by atoms with E-state index >= 15 is 0 Å². The van der Waals surface area contributed by atoms with E-state index in [2.05, 4.69) is 9.69 Å². The Bertz CT molecular complexity index is 366. The van der Waals surface area contributed by atoms with Gasteiger partial charge in [-0.05, 0) is 43.6 Å². The third-order valence-electron chi connectivity index (χ3n) is 2.76. The van der Waals surface area contributed by atoms with Gasteiger partial charge in [-0.3, -0.25) is 0 Å². The molecule has 1 heterocycles. The summed E-state index contributed by atoms with van der Waals surface area (Å²) in [5, 5.41) is 4.21. The molecule has 0 radical (unpaired) electrons. The van der Waals surface area contributed by atoms with Gasteiger partial charge in [0.15, 0.2) is 16.6 Å². The molecule has 0 bridgehead atoms. The van der Waals surface area contributed by atoms with E-state index in [1.807, 2.05) is 6.92 Å². The normalized spacial score (nSPS) is 14.7. The van der Waals surface area contributed by atoms with Crippen molar-refractivity contribution in [1.82, 2.24) is 4.37 Å². The van der Waals surface area contributed by atoms with E-state index in [0.29, 0.717) is 18.2 Å². The largest absolute Gasteiger partial charge is 0.487 e. The number of ether oxygens (including phenoxy) is 2. The lowest BCUT2D eigenvalue weighted by Gasteiger charge is -2.07. The van der Waals surface area contributed by atoms with Crippen molar-refractivity contribution in [3.05, 3.63) is 0 Å². The van der Waals surface area contributed by atoms with E-state index in [1.54, 1.807) is 0 Å².